The third kappa shape index (κ3) is 2.73. The van der Waals surface area contributed by atoms with Crippen molar-refractivity contribution in [3.05, 3.63) is 40.5 Å². The summed E-state index contributed by atoms with van der Waals surface area (Å²) in [6.07, 6.45) is 1.65. The predicted molar refractivity (Wildman–Crippen MR) is 77.4 cm³/mol. The lowest BCUT2D eigenvalue weighted by Gasteiger charge is -2.10. The molecule has 0 unspecified atom stereocenters. The van der Waals surface area contributed by atoms with Crippen LogP contribution in [0.25, 0.3) is 0 Å². The Labute approximate surface area is 114 Å². The van der Waals surface area contributed by atoms with Crippen molar-refractivity contribution in [1.29, 1.82) is 0 Å². The van der Waals surface area contributed by atoms with E-state index in [0.29, 0.717) is 5.69 Å². The average Bonchev–Trinajstić information content (AvgIpc) is 2.36. The first-order chi connectivity index (χ1) is 8.60. The molecule has 1 aromatic heterocycles. The van der Waals surface area contributed by atoms with Gasteiger partial charge >= 0.3 is 0 Å². The van der Waals surface area contributed by atoms with Crippen LogP contribution >= 0.6 is 15.9 Å². The van der Waals surface area contributed by atoms with Gasteiger partial charge in [-0.1, -0.05) is 0 Å². The molecular formula is C13H14BrN3O. The first-order valence-corrected chi connectivity index (χ1v) is 6.22. The molecule has 2 rings (SSSR count). The minimum atomic E-state index is 0.689. The van der Waals surface area contributed by atoms with E-state index in [-0.39, 0.29) is 0 Å². The minimum absolute atomic E-state index is 0.689. The van der Waals surface area contributed by atoms with Gasteiger partial charge in [0.15, 0.2) is 0 Å². The Morgan fingerprint density at radius 3 is 2.78 bits per heavy atom. The molecule has 0 saturated carbocycles. The number of hydrogen-bond acceptors (Lipinski definition) is 4. The molecule has 0 amide bonds. The van der Waals surface area contributed by atoms with E-state index in [9.17, 15) is 0 Å². The maximum Gasteiger partial charge on any atom is 0.135 e. The largest absolute Gasteiger partial charge is 0.495 e. The van der Waals surface area contributed by atoms with Crippen molar-refractivity contribution in [2.75, 3.05) is 18.2 Å². The van der Waals surface area contributed by atoms with Gasteiger partial charge in [0.25, 0.3) is 0 Å². The molecule has 0 aliphatic heterocycles. The van der Waals surface area contributed by atoms with E-state index < -0.39 is 0 Å². The van der Waals surface area contributed by atoms with Gasteiger partial charge in [0.2, 0.25) is 0 Å². The number of ether oxygens (including phenoxy) is 1. The highest BCUT2D eigenvalue weighted by Crippen LogP contribution is 2.29. The predicted octanol–water partition coefficient (Wildman–Crippen LogP) is 3.49. The van der Waals surface area contributed by atoms with Crippen LogP contribution in [0.15, 0.2) is 34.9 Å². The summed E-state index contributed by atoms with van der Waals surface area (Å²) in [5.74, 6) is 1.53. The fourth-order valence-electron chi connectivity index (χ4n) is 1.52. The lowest BCUT2D eigenvalue weighted by molar-refractivity contribution is 0.412. The second-order valence-electron chi connectivity index (χ2n) is 3.90. The van der Waals surface area contributed by atoms with Crippen molar-refractivity contribution >= 4 is 33.1 Å². The van der Waals surface area contributed by atoms with E-state index in [4.69, 9.17) is 10.5 Å². The number of nitrogens with two attached hydrogens (primary N) is 1. The Balaban J connectivity index is 2.25. The number of halogens is 1. The topological polar surface area (TPSA) is 60.2 Å². The third-order valence-corrected chi connectivity index (χ3v) is 3.23. The Kier molecular flexibility index (Phi) is 3.72. The number of aryl methyl sites for hydroxylation is 1. The van der Waals surface area contributed by atoms with Gasteiger partial charge in [0, 0.05) is 11.8 Å². The molecule has 3 N–H and O–H groups in total. The number of anilines is 3. The van der Waals surface area contributed by atoms with Crippen LogP contribution in [0.3, 0.4) is 0 Å². The van der Waals surface area contributed by atoms with Crippen molar-refractivity contribution in [3.8, 4) is 5.75 Å². The van der Waals surface area contributed by atoms with Gasteiger partial charge < -0.3 is 15.8 Å². The highest BCUT2D eigenvalue weighted by atomic mass is 79.9. The molecule has 0 aliphatic rings. The summed E-state index contributed by atoms with van der Waals surface area (Å²) in [4.78, 5) is 4.22. The zero-order valence-corrected chi connectivity index (χ0v) is 11.8. The van der Waals surface area contributed by atoms with Crippen molar-refractivity contribution < 1.29 is 4.74 Å². The molecule has 0 radical (unpaired) electrons. The van der Waals surface area contributed by atoms with Crippen molar-refractivity contribution in [3.63, 3.8) is 0 Å². The highest BCUT2D eigenvalue weighted by molar-refractivity contribution is 9.10. The van der Waals surface area contributed by atoms with Crippen LogP contribution in [0.1, 0.15) is 5.56 Å². The molecule has 0 fully saturated rings. The van der Waals surface area contributed by atoms with Gasteiger partial charge in [0.1, 0.15) is 11.6 Å². The molecule has 1 aromatic carbocycles. The molecule has 0 atom stereocenters. The van der Waals surface area contributed by atoms with Gasteiger partial charge in [-0.15, -0.1) is 0 Å². The number of rotatable bonds is 3. The Morgan fingerprint density at radius 1 is 1.33 bits per heavy atom. The fraction of sp³-hybridized carbons (Fsp3) is 0.154. The molecule has 0 saturated heterocycles. The molecule has 5 heteroatoms. The van der Waals surface area contributed by atoms with Gasteiger partial charge in [-0.05, 0) is 46.6 Å². The Morgan fingerprint density at radius 2 is 2.11 bits per heavy atom. The smallest absolute Gasteiger partial charge is 0.135 e. The van der Waals surface area contributed by atoms with Gasteiger partial charge in [-0.2, -0.15) is 0 Å². The third-order valence-electron chi connectivity index (χ3n) is 2.57. The van der Waals surface area contributed by atoms with Crippen molar-refractivity contribution in [1.82, 2.24) is 4.98 Å². The van der Waals surface area contributed by atoms with E-state index in [1.807, 2.05) is 31.2 Å². The molecule has 94 valence electrons. The zero-order valence-electron chi connectivity index (χ0n) is 10.2. The summed E-state index contributed by atoms with van der Waals surface area (Å²) >= 11 is 3.41. The summed E-state index contributed by atoms with van der Waals surface area (Å²) in [6, 6.07) is 7.67. The van der Waals surface area contributed by atoms with Gasteiger partial charge in [-0.3, -0.25) is 0 Å². The van der Waals surface area contributed by atoms with Crippen LogP contribution in [-0.4, -0.2) is 12.1 Å². The number of benzene rings is 1. The number of methoxy groups -OCH3 is 1. The zero-order chi connectivity index (χ0) is 13.1. The summed E-state index contributed by atoms with van der Waals surface area (Å²) in [7, 11) is 1.63. The molecule has 4 nitrogen and oxygen atoms in total. The molecule has 1 heterocycles. The van der Waals surface area contributed by atoms with Crippen LogP contribution in [0.4, 0.5) is 17.2 Å². The van der Waals surface area contributed by atoms with Gasteiger partial charge in [0.05, 0.1) is 23.5 Å². The molecule has 0 bridgehead atoms. The number of nitrogens with one attached hydrogen (secondary N) is 1. The van der Waals surface area contributed by atoms with E-state index in [2.05, 4.69) is 26.2 Å². The maximum atomic E-state index is 5.73. The maximum absolute atomic E-state index is 5.73. The average molecular weight is 308 g/mol. The first-order valence-electron chi connectivity index (χ1n) is 5.43. The van der Waals surface area contributed by atoms with Crippen LogP contribution in [0.5, 0.6) is 5.75 Å². The lowest BCUT2D eigenvalue weighted by Crippen LogP contribution is -1.97. The van der Waals surface area contributed by atoms with E-state index >= 15 is 0 Å². The molecule has 18 heavy (non-hydrogen) atoms. The molecular weight excluding hydrogens is 294 g/mol. The highest BCUT2D eigenvalue weighted by Gasteiger charge is 2.03. The number of nitrogen functional groups attached to an aromatic ring is 1. The Hall–Kier alpha value is -1.75. The molecule has 0 aliphatic carbocycles. The van der Waals surface area contributed by atoms with Crippen LogP contribution < -0.4 is 15.8 Å². The summed E-state index contributed by atoms with van der Waals surface area (Å²) in [5.41, 5.74) is 8.33. The lowest BCUT2D eigenvalue weighted by atomic mass is 10.2. The number of pyridine rings is 1. The van der Waals surface area contributed by atoms with Crippen LogP contribution in [0, 0.1) is 6.92 Å². The second-order valence-corrected chi connectivity index (χ2v) is 4.75. The first kappa shape index (κ1) is 12.7. The fourth-order valence-corrected chi connectivity index (χ4v) is 1.93. The summed E-state index contributed by atoms with van der Waals surface area (Å²) in [6.45, 7) is 1.95. The number of hydrogen-bond donors (Lipinski definition) is 2. The standard InChI is InChI=1S/C13H14BrN3O/c1-8-5-13(16-7-11(8)15)17-9-3-4-10(14)12(6-9)18-2/h3-7H,15H2,1-2H3,(H,16,17). The molecule has 0 spiro atoms. The number of nitrogens with zero attached hydrogens (tertiary/aromatic N) is 1. The quantitative estimate of drug-likeness (QED) is 0.911. The minimum Gasteiger partial charge on any atom is -0.495 e. The van der Waals surface area contributed by atoms with E-state index in [1.165, 1.54) is 0 Å². The normalized spacial score (nSPS) is 10.2. The SMILES string of the molecule is COc1cc(Nc2cc(C)c(N)cn2)ccc1Br. The monoisotopic (exact) mass is 307 g/mol. The Bertz CT molecular complexity index is 572. The van der Waals surface area contributed by atoms with Crippen LogP contribution in [0.2, 0.25) is 0 Å². The van der Waals surface area contributed by atoms with Crippen molar-refractivity contribution in [2.45, 2.75) is 6.92 Å². The van der Waals surface area contributed by atoms with Gasteiger partial charge in [-0.25, -0.2) is 4.98 Å². The van der Waals surface area contributed by atoms with Crippen molar-refractivity contribution in [2.24, 2.45) is 0 Å². The second kappa shape index (κ2) is 5.27. The summed E-state index contributed by atoms with van der Waals surface area (Å²) in [5, 5.41) is 3.21. The summed E-state index contributed by atoms with van der Waals surface area (Å²) < 4.78 is 6.15. The molecule has 2 aromatic rings. The van der Waals surface area contributed by atoms with E-state index in [1.54, 1.807) is 13.3 Å². The van der Waals surface area contributed by atoms with E-state index in [0.717, 1.165) is 27.3 Å². The van der Waals surface area contributed by atoms with Crippen LogP contribution in [-0.2, 0) is 0 Å². The number of aromatic nitrogens is 1.